The maximum absolute atomic E-state index is 5.42. The van der Waals surface area contributed by atoms with Crippen LogP contribution in [0.2, 0.25) is 0 Å². The standard InChI is InChI=1S/C28H27N3OS/c1-20-11-14-23(15-12-20)26-19-33-28(30-25-16-13-21(2)22(3)18-25)31(26)29-17-7-9-24-8-5-6-10-27(24)32-4/h5-19H,1-4H3/b9-7+,29-17-,30-28?. The van der Waals surface area contributed by atoms with Crippen molar-refractivity contribution < 1.29 is 4.74 Å². The summed E-state index contributed by atoms with van der Waals surface area (Å²) in [5, 5.41) is 6.86. The summed E-state index contributed by atoms with van der Waals surface area (Å²) >= 11 is 1.58. The zero-order chi connectivity index (χ0) is 23.2. The molecule has 0 aliphatic heterocycles. The van der Waals surface area contributed by atoms with E-state index in [0.717, 1.165) is 33.1 Å². The summed E-state index contributed by atoms with van der Waals surface area (Å²) in [4.78, 5) is 5.71. The third-order valence-corrected chi connectivity index (χ3v) is 6.25. The van der Waals surface area contributed by atoms with Crippen LogP contribution in [0, 0.1) is 20.8 Å². The molecule has 1 heterocycles. The van der Waals surface area contributed by atoms with Gasteiger partial charge in [-0.2, -0.15) is 5.10 Å². The SMILES string of the molecule is COc1ccccc1/C=C/C=N\n1c(-c2ccc(C)cc2)csc1=Nc1ccc(C)c(C)c1. The van der Waals surface area contributed by atoms with E-state index in [0.29, 0.717) is 0 Å². The van der Waals surface area contributed by atoms with E-state index in [1.807, 2.05) is 47.2 Å². The second kappa shape index (κ2) is 10.3. The van der Waals surface area contributed by atoms with Crippen molar-refractivity contribution in [2.24, 2.45) is 10.1 Å². The largest absolute Gasteiger partial charge is 0.496 e. The minimum atomic E-state index is 0.816. The maximum Gasteiger partial charge on any atom is 0.211 e. The average molecular weight is 454 g/mol. The summed E-state index contributed by atoms with van der Waals surface area (Å²) in [6.45, 7) is 6.31. The summed E-state index contributed by atoms with van der Waals surface area (Å²) in [7, 11) is 1.68. The molecular formula is C28H27N3OS. The molecule has 0 saturated heterocycles. The Morgan fingerprint density at radius 1 is 0.909 bits per heavy atom. The average Bonchev–Trinajstić information content (AvgIpc) is 3.22. The lowest BCUT2D eigenvalue weighted by Crippen LogP contribution is -2.11. The minimum Gasteiger partial charge on any atom is -0.496 e. The van der Waals surface area contributed by atoms with Crippen molar-refractivity contribution in [2.45, 2.75) is 20.8 Å². The first kappa shape index (κ1) is 22.5. The second-order valence-electron chi connectivity index (χ2n) is 7.83. The number of para-hydroxylation sites is 1. The monoisotopic (exact) mass is 453 g/mol. The molecule has 166 valence electrons. The van der Waals surface area contributed by atoms with Crippen LogP contribution < -0.4 is 9.54 Å². The molecule has 0 amide bonds. The van der Waals surface area contributed by atoms with E-state index < -0.39 is 0 Å². The van der Waals surface area contributed by atoms with Crippen LogP contribution in [0.1, 0.15) is 22.3 Å². The smallest absolute Gasteiger partial charge is 0.211 e. The Labute approximate surface area is 198 Å². The van der Waals surface area contributed by atoms with Crippen molar-refractivity contribution in [3.05, 3.63) is 105 Å². The van der Waals surface area contributed by atoms with Crippen molar-refractivity contribution in [3.63, 3.8) is 0 Å². The Kier molecular flexibility index (Phi) is 7.01. The molecule has 5 heteroatoms. The summed E-state index contributed by atoms with van der Waals surface area (Å²) < 4.78 is 7.32. The summed E-state index contributed by atoms with van der Waals surface area (Å²) in [6, 6.07) is 22.6. The van der Waals surface area contributed by atoms with Crippen molar-refractivity contribution in [1.29, 1.82) is 0 Å². The van der Waals surface area contributed by atoms with Gasteiger partial charge in [-0.15, -0.1) is 11.3 Å². The number of hydrogen-bond acceptors (Lipinski definition) is 4. The van der Waals surface area contributed by atoms with Gasteiger partial charge in [-0.05, 0) is 62.2 Å². The van der Waals surface area contributed by atoms with E-state index in [2.05, 4.69) is 62.5 Å². The predicted octanol–water partition coefficient (Wildman–Crippen LogP) is 6.93. The molecule has 4 nitrogen and oxygen atoms in total. The Morgan fingerprint density at radius 3 is 2.45 bits per heavy atom. The number of aryl methyl sites for hydroxylation is 3. The van der Waals surface area contributed by atoms with Crippen molar-refractivity contribution in [1.82, 2.24) is 4.68 Å². The number of rotatable bonds is 6. The van der Waals surface area contributed by atoms with Crippen LogP contribution in [-0.4, -0.2) is 18.0 Å². The third-order valence-electron chi connectivity index (χ3n) is 5.43. The number of allylic oxidation sites excluding steroid dienone is 1. The van der Waals surface area contributed by atoms with Gasteiger partial charge in [0.25, 0.3) is 0 Å². The molecule has 0 unspecified atom stereocenters. The van der Waals surface area contributed by atoms with Crippen molar-refractivity contribution >= 4 is 29.3 Å². The van der Waals surface area contributed by atoms with Crippen LogP contribution in [0.25, 0.3) is 17.3 Å². The zero-order valence-electron chi connectivity index (χ0n) is 19.3. The lowest BCUT2D eigenvalue weighted by Gasteiger charge is -2.04. The highest BCUT2D eigenvalue weighted by Gasteiger charge is 2.08. The first-order valence-electron chi connectivity index (χ1n) is 10.8. The van der Waals surface area contributed by atoms with Gasteiger partial charge in [0.2, 0.25) is 4.80 Å². The molecule has 1 aromatic heterocycles. The molecule has 4 aromatic rings. The van der Waals surface area contributed by atoms with Crippen molar-refractivity contribution in [3.8, 4) is 17.0 Å². The second-order valence-corrected chi connectivity index (χ2v) is 8.66. The van der Waals surface area contributed by atoms with Crippen LogP contribution >= 0.6 is 11.3 Å². The van der Waals surface area contributed by atoms with Gasteiger partial charge in [0.05, 0.1) is 18.5 Å². The topological polar surface area (TPSA) is 38.9 Å². The highest BCUT2D eigenvalue weighted by molar-refractivity contribution is 7.07. The Hall–Kier alpha value is -3.70. The molecule has 4 rings (SSSR count). The minimum absolute atomic E-state index is 0.816. The molecule has 33 heavy (non-hydrogen) atoms. The van der Waals surface area contributed by atoms with E-state index in [-0.39, 0.29) is 0 Å². The van der Waals surface area contributed by atoms with Gasteiger partial charge >= 0.3 is 0 Å². The molecular weight excluding hydrogens is 426 g/mol. The molecule has 0 bridgehead atoms. The third kappa shape index (κ3) is 5.38. The number of nitrogens with zero attached hydrogens (tertiary/aromatic N) is 3. The van der Waals surface area contributed by atoms with Gasteiger partial charge in [-0.3, -0.25) is 0 Å². The van der Waals surface area contributed by atoms with E-state index >= 15 is 0 Å². The molecule has 0 spiro atoms. The quantitative estimate of drug-likeness (QED) is 0.292. The first-order chi connectivity index (χ1) is 16.0. The van der Waals surface area contributed by atoms with Gasteiger partial charge in [0.15, 0.2) is 0 Å². The number of thiazole rings is 1. The summed E-state index contributed by atoms with van der Waals surface area (Å²) in [5.41, 5.74) is 7.73. The Morgan fingerprint density at radius 2 is 1.70 bits per heavy atom. The number of aromatic nitrogens is 1. The molecule has 0 atom stereocenters. The molecule has 0 aliphatic carbocycles. The van der Waals surface area contributed by atoms with Crippen LogP contribution in [0.15, 0.2) is 88.3 Å². The molecule has 0 aliphatic rings. The summed E-state index contributed by atoms with van der Waals surface area (Å²) in [6.07, 6.45) is 5.69. The number of benzene rings is 3. The predicted molar refractivity (Wildman–Crippen MR) is 140 cm³/mol. The van der Waals surface area contributed by atoms with Gasteiger partial charge < -0.3 is 4.74 Å². The molecule has 0 fully saturated rings. The summed E-state index contributed by atoms with van der Waals surface area (Å²) in [5.74, 6) is 0.830. The van der Waals surface area contributed by atoms with Gasteiger partial charge in [-0.25, -0.2) is 9.67 Å². The van der Waals surface area contributed by atoms with E-state index in [9.17, 15) is 0 Å². The fraction of sp³-hybridized carbons (Fsp3) is 0.143. The molecule has 3 aromatic carbocycles. The van der Waals surface area contributed by atoms with Gasteiger partial charge in [-0.1, -0.05) is 54.1 Å². The molecule has 0 radical (unpaired) electrons. The lowest BCUT2D eigenvalue weighted by atomic mass is 10.1. The van der Waals surface area contributed by atoms with Gasteiger partial charge in [0, 0.05) is 22.7 Å². The van der Waals surface area contributed by atoms with Crippen LogP contribution in [0.3, 0.4) is 0 Å². The number of ether oxygens (including phenoxy) is 1. The highest BCUT2D eigenvalue weighted by atomic mass is 32.1. The Bertz CT molecular complexity index is 1380. The molecule has 0 saturated carbocycles. The zero-order valence-corrected chi connectivity index (χ0v) is 20.1. The Balaban J connectivity index is 1.75. The number of hydrogen-bond donors (Lipinski definition) is 0. The van der Waals surface area contributed by atoms with Gasteiger partial charge in [0.1, 0.15) is 5.75 Å². The lowest BCUT2D eigenvalue weighted by molar-refractivity contribution is 0.414. The van der Waals surface area contributed by atoms with E-state index in [4.69, 9.17) is 14.8 Å². The van der Waals surface area contributed by atoms with Crippen molar-refractivity contribution in [2.75, 3.05) is 7.11 Å². The fourth-order valence-corrected chi connectivity index (χ4v) is 4.23. The van der Waals surface area contributed by atoms with Crippen LogP contribution in [0.4, 0.5) is 5.69 Å². The van der Waals surface area contributed by atoms with Crippen LogP contribution in [0.5, 0.6) is 5.75 Å². The van der Waals surface area contributed by atoms with E-state index in [1.165, 1.54) is 16.7 Å². The fourth-order valence-electron chi connectivity index (χ4n) is 3.37. The van der Waals surface area contributed by atoms with E-state index in [1.54, 1.807) is 24.7 Å². The first-order valence-corrected chi connectivity index (χ1v) is 11.7. The maximum atomic E-state index is 5.42. The molecule has 0 N–H and O–H groups in total. The normalized spacial score (nSPS) is 12.2. The van der Waals surface area contributed by atoms with Crippen LogP contribution in [-0.2, 0) is 0 Å². The highest BCUT2D eigenvalue weighted by Crippen LogP contribution is 2.22. The number of methoxy groups -OCH3 is 1.